The summed E-state index contributed by atoms with van der Waals surface area (Å²) in [5.41, 5.74) is 0. The minimum atomic E-state index is 0.758. The molecule has 0 aliphatic heterocycles. The number of hydrogen-bond acceptors (Lipinski definition) is 4. The number of aromatic nitrogens is 3. The van der Waals surface area contributed by atoms with Crippen molar-refractivity contribution >= 4 is 11.3 Å². The second kappa shape index (κ2) is 2.98. The van der Waals surface area contributed by atoms with Gasteiger partial charge in [-0.1, -0.05) is 6.07 Å². The van der Waals surface area contributed by atoms with Crippen molar-refractivity contribution in [2.45, 2.75) is 6.92 Å². The average molecular weight is 177 g/mol. The summed E-state index contributed by atoms with van der Waals surface area (Å²) < 4.78 is 0. The van der Waals surface area contributed by atoms with Gasteiger partial charge >= 0.3 is 0 Å². The Morgan fingerprint density at radius 3 is 2.92 bits per heavy atom. The van der Waals surface area contributed by atoms with Crippen LogP contribution in [0.2, 0.25) is 0 Å². The lowest BCUT2D eigenvalue weighted by molar-refractivity contribution is 0.986. The predicted molar refractivity (Wildman–Crippen MR) is 47.9 cm³/mol. The third-order valence-corrected chi connectivity index (χ3v) is 2.30. The smallest absolute Gasteiger partial charge is 0.172 e. The van der Waals surface area contributed by atoms with Crippen LogP contribution in [0.3, 0.4) is 0 Å². The maximum Gasteiger partial charge on any atom is 0.172 e. The van der Waals surface area contributed by atoms with Crippen molar-refractivity contribution in [2.24, 2.45) is 0 Å². The third-order valence-electron chi connectivity index (χ3n) is 1.43. The lowest BCUT2D eigenvalue weighted by Gasteiger charge is -1.94. The molecule has 2 aromatic heterocycles. The van der Waals surface area contributed by atoms with E-state index in [-0.39, 0.29) is 0 Å². The molecule has 2 rings (SSSR count). The van der Waals surface area contributed by atoms with Gasteiger partial charge in [0, 0.05) is 0 Å². The van der Waals surface area contributed by atoms with E-state index in [4.69, 9.17) is 0 Å². The van der Waals surface area contributed by atoms with Crippen LogP contribution in [0, 0.1) is 6.92 Å². The van der Waals surface area contributed by atoms with E-state index in [1.807, 2.05) is 24.4 Å². The highest BCUT2D eigenvalue weighted by molar-refractivity contribution is 7.13. The van der Waals surface area contributed by atoms with Gasteiger partial charge in [-0.05, 0) is 18.4 Å². The molecule has 0 amide bonds. The number of thiophene rings is 1. The Bertz CT molecular complexity index is 370. The van der Waals surface area contributed by atoms with Crippen molar-refractivity contribution in [2.75, 3.05) is 0 Å². The molecule has 0 atom stereocenters. The Hall–Kier alpha value is -1.29. The Labute approximate surface area is 74.2 Å². The molecular weight excluding hydrogens is 170 g/mol. The van der Waals surface area contributed by atoms with Crippen molar-refractivity contribution in [3.63, 3.8) is 0 Å². The lowest BCUT2D eigenvalue weighted by atomic mass is 10.4. The molecule has 0 aromatic carbocycles. The van der Waals surface area contributed by atoms with E-state index in [2.05, 4.69) is 15.0 Å². The number of aryl methyl sites for hydroxylation is 1. The maximum absolute atomic E-state index is 4.20. The van der Waals surface area contributed by atoms with Gasteiger partial charge < -0.3 is 0 Å². The van der Waals surface area contributed by atoms with Crippen molar-refractivity contribution in [3.05, 3.63) is 29.7 Å². The molecule has 4 heteroatoms. The minimum absolute atomic E-state index is 0.758. The average Bonchev–Trinajstić information content (AvgIpc) is 2.56. The minimum Gasteiger partial charge on any atom is -0.222 e. The summed E-state index contributed by atoms with van der Waals surface area (Å²) in [5.74, 6) is 1.52. The number of nitrogens with zero attached hydrogens (tertiary/aromatic N) is 3. The molecule has 12 heavy (non-hydrogen) atoms. The number of hydrogen-bond donors (Lipinski definition) is 0. The summed E-state index contributed by atoms with van der Waals surface area (Å²) in [6, 6.07) is 3.98. The van der Waals surface area contributed by atoms with Gasteiger partial charge in [-0.3, -0.25) is 0 Å². The fraction of sp³-hybridized carbons (Fsp3) is 0.125. The molecule has 3 nitrogen and oxygen atoms in total. The molecule has 0 radical (unpaired) electrons. The maximum atomic E-state index is 4.20. The molecule has 0 N–H and O–H groups in total. The zero-order valence-corrected chi connectivity index (χ0v) is 7.38. The van der Waals surface area contributed by atoms with Gasteiger partial charge in [-0.2, -0.15) is 0 Å². The summed E-state index contributed by atoms with van der Waals surface area (Å²) in [6.07, 6.45) is 1.54. The second-order valence-electron chi connectivity index (χ2n) is 2.33. The molecule has 0 unspecified atom stereocenters. The fourth-order valence-corrected chi connectivity index (χ4v) is 1.57. The van der Waals surface area contributed by atoms with E-state index in [0.717, 1.165) is 16.5 Å². The Morgan fingerprint density at radius 2 is 2.25 bits per heavy atom. The van der Waals surface area contributed by atoms with Crippen LogP contribution in [-0.4, -0.2) is 15.0 Å². The van der Waals surface area contributed by atoms with Crippen LogP contribution in [0.25, 0.3) is 10.7 Å². The molecule has 0 fully saturated rings. The highest BCUT2D eigenvalue weighted by atomic mass is 32.1. The van der Waals surface area contributed by atoms with Crippen LogP contribution in [0.15, 0.2) is 23.8 Å². The van der Waals surface area contributed by atoms with Gasteiger partial charge in [-0.25, -0.2) is 15.0 Å². The van der Waals surface area contributed by atoms with E-state index < -0.39 is 0 Å². The van der Waals surface area contributed by atoms with E-state index in [0.29, 0.717) is 0 Å². The monoisotopic (exact) mass is 177 g/mol. The quantitative estimate of drug-likeness (QED) is 0.667. The van der Waals surface area contributed by atoms with Gasteiger partial charge in [0.05, 0.1) is 4.88 Å². The third kappa shape index (κ3) is 1.33. The fourth-order valence-electron chi connectivity index (χ4n) is 0.903. The van der Waals surface area contributed by atoms with Crippen LogP contribution in [0.1, 0.15) is 5.82 Å². The van der Waals surface area contributed by atoms with E-state index in [9.17, 15) is 0 Å². The zero-order valence-electron chi connectivity index (χ0n) is 6.56. The van der Waals surface area contributed by atoms with Crippen LogP contribution in [0.5, 0.6) is 0 Å². The number of rotatable bonds is 1. The van der Waals surface area contributed by atoms with Crippen LogP contribution in [-0.2, 0) is 0 Å². The van der Waals surface area contributed by atoms with Crippen molar-refractivity contribution < 1.29 is 0 Å². The Balaban J connectivity index is 2.48. The van der Waals surface area contributed by atoms with Crippen molar-refractivity contribution in [1.29, 1.82) is 0 Å². The summed E-state index contributed by atoms with van der Waals surface area (Å²) in [4.78, 5) is 13.3. The highest BCUT2D eigenvalue weighted by Gasteiger charge is 2.00. The first-order valence-electron chi connectivity index (χ1n) is 3.56. The van der Waals surface area contributed by atoms with Gasteiger partial charge in [0.25, 0.3) is 0 Å². The van der Waals surface area contributed by atoms with E-state index in [1.165, 1.54) is 6.33 Å². The molecule has 0 aliphatic rings. The van der Waals surface area contributed by atoms with Crippen molar-refractivity contribution in [1.82, 2.24) is 15.0 Å². The molecule has 0 bridgehead atoms. The molecule has 2 heterocycles. The lowest BCUT2D eigenvalue weighted by Crippen LogP contribution is -1.91. The summed E-state index contributed by atoms with van der Waals surface area (Å²) in [7, 11) is 0. The molecule has 2 aromatic rings. The largest absolute Gasteiger partial charge is 0.222 e. The van der Waals surface area contributed by atoms with Gasteiger partial charge in [-0.15, -0.1) is 11.3 Å². The highest BCUT2D eigenvalue weighted by Crippen LogP contribution is 2.19. The van der Waals surface area contributed by atoms with Crippen LogP contribution >= 0.6 is 11.3 Å². The zero-order chi connectivity index (χ0) is 8.39. The standard InChI is InChI=1S/C8H7N3S/c1-6-9-5-10-8(11-6)7-3-2-4-12-7/h2-5H,1H3. The molecule has 0 saturated heterocycles. The summed E-state index contributed by atoms with van der Waals surface area (Å²) in [6.45, 7) is 1.86. The normalized spacial score (nSPS) is 10.1. The molecule has 60 valence electrons. The SMILES string of the molecule is Cc1ncnc(-c2cccs2)n1. The molecule has 0 spiro atoms. The first kappa shape index (κ1) is 7.36. The first-order chi connectivity index (χ1) is 5.86. The van der Waals surface area contributed by atoms with E-state index in [1.54, 1.807) is 11.3 Å². The van der Waals surface area contributed by atoms with Crippen LogP contribution in [0.4, 0.5) is 0 Å². The molecular formula is C8H7N3S. The molecule has 0 saturated carbocycles. The summed E-state index contributed by atoms with van der Waals surface area (Å²) in [5, 5.41) is 2.01. The van der Waals surface area contributed by atoms with Gasteiger partial charge in [0.1, 0.15) is 12.2 Å². The van der Waals surface area contributed by atoms with E-state index >= 15 is 0 Å². The topological polar surface area (TPSA) is 38.7 Å². The Kier molecular flexibility index (Phi) is 1.83. The predicted octanol–water partition coefficient (Wildman–Crippen LogP) is 1.91. The second-order valence-corrected chi connectivity index (χ2v) is 3.28. The van der Waals surface area contributed by atoms with Gasteiger partial charge in [0.2, 0.25) is 0 Å². The van der Waals surface area contributed by atoms with Gasteiger partial charge in [0.15, 0.2) is 5.82 Å². The van der Waals surface area contributed by atoms with Crippen LogP contribution < -0.4 is 0 Å². The molecule has 0 aliphatic carbocycles. The summed E-state index contributed by atoms with van der Waals surface area (Å²) >= 11 is 1.63. The Morgan fingerprint density at radius 1 is 1.33 bits per heavy atom. The van der Waals surface area contributed by atoms with Crippen molar-refractivity contribution in [3.8, 4) is 10.7 Å². The first-order valence-corrected chi connectivity index (χ1v) is 4.44.